The van der Waals surface area contributed by atoms with Crippen LogP contribution in [0.2, 0.25) is 5.02 Å². The van der Waals surface area contributed by atoms with E-state index in [0.717, 1.165) is 30.0 Å². The summed E-state index contributed by atoms with van der Waals surface area (Å²) in [5.41, 5.74) is 1.59. The van der Waals surface area contributed by atoms with E-state index >= 15 is 0 Å². The molecule has 1 amide bonds. The van der Waals surface area contributed by atoms with Crippen molar-refractivity contribution in [3.05, 3.63) is 58.4 Å². The Balaban J connectivity index is 1.44. The van der Waals surface area contributed by atoms with Crippen molar-refractivity contribution in [1.82, 2.24) is 9.36 Å². The number of hydrogen-bond donors (Lipinski definition) is 1. The van der Waals surface area contributed by atoms with Crippen LogP contribution >= 0.6 is 23.1 Å². The summed E-state index contributed by atoms with van der Waals surface area (Å²) < 4.78 is 15.8. The SMILES string of the molecule is CC(C)c1nsc(NC(=O)c2ccc(Oc3cc4c(cc3Cl)CCCO4)cc2)n1. The number of nitrogens with one attached hydrogen (secondary N) is 1. The van der Waals surface area contributed by atoms with Crippen LogP contribution in [0.5, 0.6) is 17.2 Å². The zero-order valence-electron chi connectivity index (χ0n) is 16.1. The lowest BCUT2D eigenvalue weighted by Gasteiger charge is -2.19. The van der Waals surface area contributed by atoms with Crippen molar-refractivity contribution < 1.29 is 14.3 Å². The summed E-state index contributed by atoms with van der Waals surface area (Å²) in [7, 11) is 0. The first-order valence-corrected chi connectivity index (χ1v) is 10.5. The zero-order valence-corrected chi connectivity index (χ0v) is 17.6. The summed E-state index contributed by atoms with van der Waals surface area (Å²) >= 11 is 7.53. The van der Waals surface area contributed by atoms with Crippen molar-refractivity contribution in [2.24, 2.45) is 0 Å². The van der Waals surface area contributed by atoms with E-state index in [1.807, 2.05) is 26.0 Å². The number of carbonyl (C=O) groups is 1. The molecule has 1 N–H and O–H groups in total. The second kappa shape index (κ2) is 8.39. The number of benzene rings is 2. The number of anilines is 1. The molecule has 3 aromatic rings. The Bertz CT molecular complexity index is 1030. The number of rotatable bonds is 5. The van der Waals surface area contributed by atoms with Crippen molar-refractivity contribution in [1.29, 1.82) is 0 Å². The van der Waals surface area contributed by atoms with Crippen LogP contribution in [0.25, 0.3) is 0 Å². The Morgan fingerprint density at radius 2 is 2.07 bits per heavy atom. The lowest BCUT2D eigenvalue weighted by atomic mass is 10.1. The molecule has 0 fully saturated rings. The van der Waals surface area contributed by atoms with Gasteiger partial charge in [0.2, 0.25) is 5.13 Å². The molecule has 1 aromatic heterocycles. The monoisotopic (exact) mass is 429 g/mol. The number of halogens is 1. The number of aryl methyl sites for hydroxylation is 1. The number of nitrogens with zero attached hydrogens (tertiary/aromatic N) is 2. The van der Waals surface area contributed by atoms with Gasteiger partial charge in [0.25, 0.3) is 5.91 Å². The highest BCUT2D eigenvalue weighted by Gasteiger charge is 2.16. The molecule has 0 spiro atoms. The van der Waals surface area contributed by atoms with E-state index in [2.05, 4.69) is 14.7 Å². The normalized spacial score (nSPS) is 13.0. The van der Waals surface area contributed by atoms with Gasteiger partial charge in [-0.15, -0.1) is 0 Å². The van der Waals surface area contributed by atoms with Crippen LogP contribution in [0.3, 0.4) is 0 Å². The van der Waals surface area contributed by atoms with Crippen LogP contribution in [0.15, 0.2) is 36.4 Å². The molecule has 0 saturated carbocycles. The van der Waals surface area contributed by atoms with Crippen molar-refractivity contribution in [3.8, 4) is 17.2 Å². The highest BCUT2D eigenvalue weighted by atomic mass is 35.5. The quantitative estimate of drug-likeness (QED) is 0.564. The predicted molar refractivity (Wildman–Crippen MR) is 114 cm³/mol. The summed E-state index contributed by atoms with van der Waals surface area (Å²) in [6.07, 6.45) is 1.94. The van der Waals surface area contributed by atoms with Crippen LogP contribution in [-0.4, -0.2) is 21.9 Å². The fourth-order valence-corrected chi connectivity index (χ4v) is 3.85. The number of ether oxygens (including phenoxy) is 2. The fraction of sp³-hybridized carbons (Fsp3) is 0.286. The van der Waals surface area contributed by atoms with Gasteiger partial charge in [-0.05, 0) is 48.7 Å². The van der Waals surface area contributed by atoms with Gasteiger partial charge in [-0.3, -0.25) is 10.1 Å². The molecule has 29 heavy (non-hydrogen) atoms. The minimum Gasteiger partial charge on any atom is -0.493 e. The number of aromatic nitrogens is 2. The Kier molecular flexibility index (Phi) is 5.69. The lowest BCUT2D eigenvalue weighted by molar-refractivity contribution is 0.102. The lowest BCUT2D eigenvalue weighted by Crippen LogP contribution is -2.11. The predicted octanol–water partition coefficient (Wildman–Crippen LogP) is 5.68. The van der Waals surface area contributed by atoms with E-state index < -0.39 is 0 Å². The number of fused-ring (bicyclic) bond motifs is 1. The maximum absolute atomic E-state index is 12.4. The number of carbonyl (C=O) groups excluding carboxylic acids is 1. The molecule has 0 radical (unpaired) electrons. The number of hydrogen-bond acceptors (Lipinski definition) is 6. The van der Waals surface area contributed by atoms with Gasteiger partial charge in [-0.1, -0.05) is 25.4 Å². The largest absolute Gasteiger partial charge is 0.493 e. The van der Waals surface area contributed by atoms with E-state index in [4.69, 9.17) is 21.1 Å². The Morgan fingerprint density at radius 1 is 1.28 bits per heavy atom. The second-order valence-electron chi connectivity index (χ2n) is 7.04. The molecule has 0 atom stereocenters. The Hall–Kier alpha value is -2.64. The third-order valence-electron chi connectivity index (χ3n) is 4.49. The molecule has 8 heteroatoms. The molecule has 0 unspecified atom stereocenters. The highest BCUT2D eigenvalue weighted by Crippen LogP contribution is 2.37. The average Bonchev–Trinajstić information content (AvgIpc) is 3.18. The van der Waals surface area contributed by atoms with Gasteiger partial charge in [-0.25, -0.2) is 4.98 Å². The topological polar surface area (TPSA) is 73.3 Å². The van der Waals surface area contributed by atoms with Crippen molar-refractivity contribution >= 4 is 34.2 Å². The van der Waals surface area contributed by atoms with E-state index in [9.17, 15) is 4.79 Å². The van der Waals surface area contributed by atoms with Gasteiger partial charge in [0, 0.05) is 29.1 Å². The van der Waals surface area contributed by atoms with Crippen molar-refractivity contribution in [2.45, 2.75) is 32.6 Å². The Labute approximate surface area is 178 Å². The van der Waals surface area contributed by atoms with Crippen molar-refractivity contribution in [2.75, 3.05) is 11.9 Å². The molecular weight excluding hydrogens is 410 g/mol. The maximum atomic E-state index is 12.4. The summed E-state index contributed by atoms with van der Waals surface area (Å²) in [5.74, 6) is 2.61. The van der Waals surface area contributed by atoms with Gasteiger partial charge in [0.15, 0.2) is 0 Å². The molecule has 2 heterocycles. The summed E-state index contributed by atoms with van der Waals surface area (Å²) in [6, 6.07) is 10.5. The third kappa shape index (κ3) is 4.52. The molecular formula is C21H20ClN3O3S. The first-order chi connectivity index (χ1) is 14.0. The van der Waals surface area contributed by atoms with E-state index in [-0.39, 0.29) is 11.8 Å². The molecule has 6 nitrogen and oxygen atoms in total. The van der Waals surface area contributed by atoms with Gasteiger partial charge >= 0.3 is 0 Å². The highest BCUT2D eigenvalue weighted by molar-refractivity contribution is 7.09. The van der Waals surface area contributed by atoms with E-state index in [1.54, 1.807) is 24.3 Å². The van der Waals surface area contributed by atoms with Crippen LogP contribution in [0, 0.1) is 0 Å². The minimum absolute atomic E-state index is 0.217. The fourth-order valence-electron chi connectivity index (χ4n) is 2.92. The van der Waals surface area contributed by atoms with Gasteiger partial charge in [0.1, 0.15) is 23.1 Å². The molecule has 150 valence electrons. The molecule has 0 saturated heterocycles. The minimum atomic E-state index is -0.247. The first-order valence-electron chi connectivity index (χ1n) is 9.37. The number of amides is 1. The first kappa shape index (κ1) is 19.7. The average molecular weight is 430 g/mol. The van der Waals surface area contributed by atoms with Gasteiger partial charge in [-0.2, -0.15) is 4.37 Å². The molecule has 2 aromatic carbocycles. The summed E-state index contributed by atoms with van der Waals surface area (Å²) in [4.78, 5) is 16.7. The van der Waals surface area contributed by atoms with Gasteiger partial charge in [0.05, 0.1) is 11.6 Å². The van der Waals surface area contributed by atoms with Crippen molar-refractivity contribution in [3.63, 3.8) is 0 Å². The van der Waals surface area contributed by atoms with Crippen LogP contribution in [0.4, 0.5) is 5.13 Å². The molecule has 0 aliphatic carbocycles. The standard InChI is InChI=1S/C21H20ClN3O3S/c1-12(2)19-23-21(29-25-19)24-20(26)13-5-7-15(8-6-13)28-18-11-17-14(10-16(18)22)4-3-9-27-17/h5-8,10-12H,3-4,9H2,1-2H3,(H,23,24,25,26). The maximum Gasteiger partial charge on any atom is 0.257 e. The van der Waals surface area contributed by atoms with Crippen LogP contribution < -0.4 is 14.8 Å². The molecule has 1 aliphatic rings. The third-order valence-corrected chi connectivity index (χ3v) is 5.43. The van der Waals surface area contributed by atoms with Crippen LogP contribution in [0.1, 0.15) is 47.9 Å². The van der Waals surface area contributed by atoms with Crippen LogP contribution in [-0.2, 0) is 6.42 Å². The zero-order chi connectivity index (χ0) is 20.4. The Morgan fingerprint density at radius 3 is 2.79 bits per heavy atom. The molecule has 0 bridgehead atoms. The smallest absolute Gasteiger partial charge is 0.257 e. The van der Waals surface area contributed by atoms with E-state index in [1.165, 1.54) is 11.5 Å². The molecule has 1 aliphatic heterocycles. The summed E-state index contributed by atoms with van der Waals surface area (Å²) in [6.45, 7) is 4.71. The molecule has 4 rings (SSSR count). The van der Waals surface area contributed by atoms with Gasteiger partial charge < -0.3 is 9.47 Å². The summed E-state index contributed by atoms with van der Waals surface area (Å²) in [5, 5.41) is 3.79. The second-order valence-corrected chi connectivity index (χ2v) is 8.19. The van der Waals surface area contributed by atoms with E-state index in [0.29, 0.717) is 33.8 Å².